The van der Waals surface area contributed by atoms with E-state index in [4.69, 9.17) is 5.73 Å². The minimum absolute atomic E-state index is 0. The summed E-state index contributed by atoms with van der Waals surface area (Å²) in [6.45, 7) is -0.542. The summed E-state index contributed by atoms with van der Waals surface area (Å²) in [7, 11) is 0. The SMILES string of the molecule is [NH-]C(=O)Cn1c(-c2ccc(F)cc2)ncc(NC(=O)SCc2ccccc2)c1=O.[Y]. The summed E-state index contributed by atoms with van der Waals surface area (Å²) in [5.74, 6) is -0.934. The van der Waals surface area contributed by atoms with Gasteiger partial charge in [0.1, 0.15) is 17.3 Å². The van der Waals surface area contributed by atoms with Crippen molar-refractivity contribution < 1.29 is 46.7 Å². The second-order valence-electron chi connectivity index (χ2n) is 6.00. The predicted molar refractivity (Wildman–Crippen MR) is 110 cm³/mol. The van der Waals surface area contributed by atoms with Crippen LogP contribution in [0.15, 0.2) is 65.6 Å². The smallest absolute Gasteiger partial charge is 0.283 e. The summed E-state index contributed by atoms with van der Waals surface area (Å²) < 4.78 is 14.2. The zero-order valence-corrected chi connectivity index (χ0v) is 19.3. The Hall–Kier alpha value is -2.36. The van der Waals surface area contributed by atoms with Gasteiger partial charge in [0.2, 0.25) is 0 Å². The first-order valence-corrected chi connectivity index (χ1v) is 9.50. The van der Waals surface area contributed by atoms with Gasteiger partial charge in [0.15, 0.2) is 0 Å². The quantitative estimate of drug-likeness (QED) is 0.549. The van der Waals surface area contributed by atoms with Gasteiger partial charge in [0.25, 0.3) is 10.8 Å². The van der Waals surface area contributed by atoms with Gasteiger partial charge in [-0.1, -0.05) is 42.1 Å². The van der Waals surface area contributed by atoms with E-state index >= 15 is 0 Å². The van der Waals surface area contributed by atoms with Gasteiger partial charge in [0.05, 0.1) is 18.6 Å². The molecule has 0 spiro atoms. The van der Waals surface area contributed by atoms with E-state index in [1.165, 1.54) is 30.5 Å². The number of halogens is 1. The summed E-state index contributed by atoms with van der Waals surface area (Å²) in [6.07, 6.45) is 1.19. The second-order valence-corrected chi connectivity index (χ2v) is 6.95. The fourth-order valence-electron chi connectivity index (χ4n) is 2.57. The number of nitrogens with one attached hydrogen (secondary N) is 2. The number of carbonyl (C=O) groups is 2. The van der Waals surface area contributed by atoms with Gasteiger partial charge in [-0.15, -0.1) is 0 Å². The summed E-state index contributed by atoms with van der Waals surface area (Å²) in [4.78, 5) is 40.4. The number of benzene rings is 2. The number of hydrogen-bond acceptors (Lipinski definition) is 5. The molecule has 0 saturated carbocycles. The van der Waals surface area contributed by atoms with Crippen molar-refractivity contribution in [2.24, 2.45) is 0 Å². The molecule has 1 radical (unpaired) electrons. The summed E-state index contributed by atoms with van der Waals surface area (Å²) in [5.41, 5.74) is 7.78. The Morgan fingerprint density at radius 2 is 1.77 bits per heavy atom. The zero-order valence-electron chi connectivity index (χ0n) is 15.7. The standard InChI is InChI=1S/C20H17FN4O3S.Y/c21-15-8-6-14(7-9-15)18-23-10-16(19(27)25(18)11-17(22)26)24-20(28)29-12-13-4-2-1-3-5-13;/h1-10H,11-12H2,(H3,22,24,26,28);/p-1. The van der Waals surface area contributed by atoms with Crippen LogP contribution < -0.4 is 10.9 Å². The van der Waals surface area contributed by atoms with Crippen molar-refractivity contribution in [2.45, 2.75) is 12.3 Å². The van der Waals surface area contributed by atoms with Crippen molar-refractivity contribution >= 4 is 28.6 Å². The Morgan fingerprint density at radius 1 is 1.10 bits per heavy atom. The van der Waals surface area contributed by atoms with Gasteiger partial charge >= 0.3 is 0 Å². The van der Waals surface area contributed by atoms with E-state index in [0.29, 0.717) is 11.3 Å². The first kappa shape index (κ1) is 23.9. The van der Waals surface area contributed by atoms with E-state index in [1.54, 1.807) is 0 Å². The average Bonchev–Trinajstić information content (AvgIpc) is 2.71. The number of thioether (sulfide) groups is 1. The normalized spacial score (nSPS) is 10.2. The minimum Gasteiger partial charge on any atom is -0.666 e. The molecular formula is C20H16FN4O3SY-. The van der Waals surface area contributed by atoms with E-state index in [2.05, 4.69) is 10.3 Å². The van der Waals surface area contributed by atoms with Gasteiger partial charge in [-0.2, -0.15) is 0 Å². The van der Waals surface area contributed by atoms with Crippen LogP contribution in [0.1, 0.15) is 5.56 Å². The molecule has 1 heterocycles. The molecule has 2 N–H and O–H groups in total. The number of aromatic nitrogens is 2. The Labute approximate surface area is 201 Å². The van der Waals surface area contributed by atoms with Crippen LogP contribution in [-0.2, 0) is 49.8 Å². The van der Waals surface area contributed by atoms with Crippen molar-refractivity contribution in [3.63, 3.8) is 0 Å². The number of hydrogen-bond donors (Lipinski definition) is 1. The van der Waals surface area contributed by atoms with E-state index in [9.17, 15) is 18.8 Å². The topological polar surface area (TPSA) is 105 Å². The van der Waals surface area contributed by atoms with Crippen molar-refractivity contribution in [1.29, 1.82) is 0 Å². The largest absolute Gasteiger partial charge is 0.666 e. The summed E-state index contributed by atoms with van der Waals surface area (Å²) in [6, 6.07) is 14.6. The fraction of sp³-hybridized carbons (Fsp3) is 0.100. The molecule has 0 unspecified atom stereocenters. The molecule has 0 aliphatic heterocycles. The molecule has 10 heteroatoms. The number of carbonyl (C=O) groups excluding carboxylic acids is 2. The molecule has 0 aliphatic rings. The van der Waals surface area contributed by atoms with Crippen molar-refractivity contribution in [1.82, 2.24) is 9.55 Å². The molecular weight excluding hydrogens is 484 g/mol. The third kappa shape index (κ3) is 6.32. The first-order valence-electron chi connectivity index (χ1n) is 8.52. The van der Waals surface area contributed by atoms with Crippen LogP contribution in [0, 0.1) is 5.82 Å². The van der Waals surface area contributed by atoms with Crippen LogP contribution in [0.5, 0.6) is 0 Å². The summed E-state index contributed by atoms with van der Waals surface area (Å²) >= 11 is 0.983. The maximum atomic E-state index is 13.2. The van der Waals surface area contributed by atoms with Gasteiger partial charge in [0, 0.05) is 44.0 Å². The molecule has 30 heavy (non-hydrogen) atoms. The predicted octanol–water partition coefficient (Wildman–Crippen LogP) is 4.09. The molecule has 151 valence electrons. The van der Waals surface area contributed by atoms with Crippen LogP contribution in [0.2, 0.25) is 0 Å². The van der Waals surface area contributed by atoms with E-state index in [1.807, 2.05) is 30.3 Å². The molecule has 0 saturated heterocycles. The third-order valence-electron chi connectivity index (χ3n) is 3.90. The molecule has 2 amide bonds. The van der Waals surface area contributed by atoms with Gasteiger partial charge in [-0.05, 0) is 29.8 Å². The van der Waals surface area contributed by atoms with Gasteiger partial charge < -0.3 is 15.8 Å². The number of rotatable bonds is 6. The number of anilines is 1. The van der Waals surface area contributed by atoms with Crippen LogP contribution in [0.3, 0.4) is 0 Å². The van der Waals surface area contributed by atoms with Crippen LogP contribution in [0.25, 0.3) is 17.1 Å². The van der Waals surface area contributed by atoms with Crippen LogP contribution in [-0.4, -0.2) is 20.7 Å². The van der Waals surface area contributed by atoms with Gasteiger partial charge in [-0.3, -0.25) is 14.2 Å². The van der Waals surface area contributed by atoms with Crippen molar-refractivity contribution in [3.8, 4) is 11.4 Å². The zero-order chi connectivity index (χ0) is 20.8. The first-order chi connectivity index (χ1) is 13.9. The number of nitrogens with zero attached hydrogens (tertiary/aromatic N) is 2. The Bertz CT molecular complexity index is 1090. The Morgan fingerprint density at radius 3 is 2.40 bits per heavy atom. The second kappa shape index (κ2) is 11.1. The van der Waals surface area contributed by atoms with E-state index in [0.717, 1.165) is 21.9 Å². The van der Waals surface area contributed by atoms with Crippen molar-refractivity contribution in [3.05, 3.63) is 88.3 Å². The minimum atomic E-state index is -1.00. The molecule has 0 fully saturated rings. The maximum Gasteiger partial charge on any atom is 0.283 e. The maximum absolute atomic E-state index is 13.2. The molecule has 3 aromatic rings. The molecule has 2 aromatic carbocycles. The van der Waals surface area contributed by atoms with Crippen molar-refractivity contribution in [2.75, 3.05) is 5.32 Å². The molecule has 0 aliphatic carbocycles. The Balaban J connectivity index is 0.00000320. The molecule has 7 nitrogen and oxygen atoms in total. The molecule has 0 bridgehead atoms. The molecule has 3 rings (SSSR count). The van der Waals surface area contributed by atoms with E-state index in [-0.39, 0.29) is 44.2 Å². The molecule has 0 atom stereocenters. The van der Waals surface area contributed by atoms with Gasteiger partial charge in [-0.25, -0.2) is 9.37 Å². The summed E-state index contributed by atoms with van der Waals surface area (Å²) in [5, 5.41) is 2.02. The number of amides is 2. The van der Waals surface area contributed by atoms with Crippen LogP contribution >= 0.6 is 11.8 Å². The van der Waals surface area contributed by atoms with Crippen LogP contribution in [0.4, 0.5) is 14.9 Å². The Kier molecular flexibility index (Phi) is 8.89. The third-order valence-corrected chi connectivity index (χ3v) is 4.74. The fourth-order valence-corrected chi connectivity index (χ4v) is 3.24. The van der Waals surface area contributed by atoms with E-state index < -0.39 is 29.1 Å². The molecule has 1 aromatic heterocycles. The monoisotopic (exact) mass is 500 g/mol. The average molecular weight is 500 g/mol.